The smallest absolute Gasteiger partial charge is 0.0594 e. The van der Waals surface area contributed by atoms with Crippen LogP contribution in [0.4, 0.5) is 0 Å². The molecule has 0 aromatic carbocycles. The molecule has 0 radical (unpaired) electrons. The Balaban J connectivity index is 1.77. The van der Waals surface area contributed by atoms with Gasteiger partial charge in [0, 0.05) is 38.3 Å². The minimum Gasteiger partial charge on any atom is -0.393 e. The van der Waals surface area contributed by atoms with Crippen LogP contribution in [0.2, 0.25) is 0 Å². The monoisotopic (exact) mass is 242 g/mol. The first-order chi connectivity index (χ1) is 8.08. The first-order valence-electron chi connectivity index (χ1n) is 6.81. The Morgan fingerprint density at radius 2 is 1.88 bits per heavy atom. The molecule has 1 unspecified atom stereocenters. The predicted molar refractivity (Wildman–Crippen MR) is 68.2 cm³/mol. The van der Waals surface area contributed by atoms with Gasteiger partial charge in [0.1, 0.15) is 0 Å². The van der Waals surface area contributed by atoms with Crippen molar-refractivity contribution in [1.82, 2.24) is 9.80 Å². The fourth-order valence-corrected chi connectivity index (χ4v) is 2.92. The van der Waals surface area contributed by atoms with Gasteiger partial charge in [-0.3, -0.25) is 9.80 Å². The minimum atomic E-state index is -0.107. The van der Waals surface area contributed by atoms with Crippen molar-refractivity contribution in [2.75, 3.05) is 45.9 Å². The van der Waals surface area contributed by atoms with E-state index in [1.807, 2.05) is 0 Å². The number of hydrogen-bond acceptors (Lipinski definition) is 4. The van der Waals surface area contributed by atoms with E-state index in [4.69, 9.17) is 4.74 Å². The van der Waals surface area contributed by atoms with Crippen LogP contribution in [0.3, 0.4) is 0 Å². The third-order valence-corrected chi connectivity index (χ3v) is 4.11. The Hall–Kier alpha value is -0.160. The summed E-state index contributed by atoms with van der Waals surface area (Å²) in [5.74, 6) is 0. The molecule has 2 fully saturated rings. The number of ether oxygens (including phenoxy) is 1. The lowest BCUT2D eigenvalue weighted by Gasteiger charge is -2.45. The molecule has 4 heteroatoms. The summed E-state index contributed by atoms with van der Waals surface area (Å²) < 4.78 is 5.36. The average molecular weight is 242 g/mol. The van der Waals surface area contributed by atoms with Gasteiger partial charge >= 0.3 is 0 Å². The van der Waals surface area contributed by atoms with Crippen LogP contribution in [-0.2, 0) is 4.74 Å². The molecule has 0 amide bonds. The lowest BCUT2D eigenvalue weighted by molar-refractivity contribution is -0.0156. The zero-order valence-electron chi connectivity index (χ0n) is 11.2. The van der Waals surface area contributed by atoms with Crippen molar-refractivity contribution < 1.29 is 9.84 Å². The number of aliphatic hydroxyl groups excluding tert-OH is 1. The van der Waals surface area contributed by atoms with E-state index in [0.29, 0.717) is 0 Å². The molecule has 0 saturated carbocycles. The molecule has 0 aromatic heterocycles. The molecule has 17 heavy (non-hydrogen) atoms. The summed E-state index contributed by atoms with van der Waals surface area (Å²) >= 11 is 0. The number of rotatable bonds is 3. The van der Waals surface area contributed by atoms with Crippen molar-refractivity contribution in [1.29, 1.82) is 0 Å². The fourth-order valence-electron chi connectivity index (χ4n) is 2.92. The van der Waals surface area contributed by atoms with E-state index in [9.17, 15) is 5.11 Å². The zero-order chi connectivity index (χ0) is 12.3. The molecule has 2 aliphatic heterocycles. The van der Waals surface area contributed by atoms with E-state index in [0.717, 1.165) is 58.8 Å². The third kappa shape index (κ3) is 3.65. The Morgan fingerprint density at radius 3 is 2.53 bits per heavy atom. The molecule has 2 aliphatic rings. The number of piperidine rings is 1. The van der Waals surface area contributed by atoms with Gasteiger partial charge in [-0.25, -0.2) is 0 Å². The summed E-state index contributed by atoms with van der Waals surface area (Å²) in [5.41, 5.74) is 0.143. The van der Waals surface area contributed by atoms with E-state index < -0.39 is 0 Å². The largest absolute Gasteiger partial charge is 0.393 e. The van der Waals surface area contributed by atoms with Gasteiger partial charge in [0.25, 0.3) is 0 Å². The van der Waals surface area contributed by atoms with E-state index in [2.05, 4.69) is 23.6 Å². The Kier molecular flexibility index (Phi) is 4.42. The molecule has 1 atom stereocenters. The van der Waals surface area contributed by atoms with Gasteiger partial charge in [0.2, 0.25) is 0 Å². The number of nitrogens with zero attached hydrogens (tertiary/aromatic N) is 2. The van der Waals surface area contributed by atoms with Crippen molar-refractivity contribution in [3.63, 3.8) is 0 Å². The average Bonchev–Trinajstić information content (AvgIpc) is 2.28. The van der Waals surface area contributed by atoms with Crippen molar-refractivity contribution in [2.45, 2.75) is 38.3 Å². The molecule has 2 saturated heterocycles. The number of likely N-dealkylation sites (tertiary alicyclic amines) is 1. The van der Waals surface area contributed by atoms with Gasteiger partial charge in [0.05, 0.1) is 19.3 Å². The highest BCUT2D eigenvalue weighted by Gasteiger charge is 2.33. The van der Waals surface area contributed by atoms with Crippen molar-refractivity contribution in [3.05, 3.63) is 0 Å². The molecular formula is C13H26N2O2. The maximum absolute atomic E-state index is 9.73. The molecule has 0 spiro atoms. The number of hydrogen-bond donors (Lipinski definition) is 1. The molecule has 0 bridgehead atoms. The molecule has 1 N–H and O–H groups in total. The zero-order valence-corrected chi connectivity index (χ0v) is 11.2. The van der Waals surface area contributed by atoms with Gasteiger partial charge in [-0.2, -0.15) is 0 Å². The van der Waals surface area contributed by atoms with Crippen LogP contribution < -0.4 is 0 Å². The summed E-state index contributed by atoms with van der Waals surface area (Å²) in [4.78, 5) is 5.00. The van der Waals surface area contributed by atoms with E-state index >= 15 is 0 Å². The highest BCUT2D eigenvalue weighted by Crippen LogP contribution is 2.27. The first-order valence-corrected chi connectivity index (χ1v) is 6.81. The molecule has 0 aromatic rings. The number of aliphatic hydroxyl groups is 1. The number of morpholine rings is 1. The third-order valence-electron chi connectivity index (χ3n) is 4.11. The van der Waals surface area contributed by atoms with Gasteiger partial charge < -0.3 is 9.84 Å². The SMILES string of the molecule is CC1(C)CC(O)CCN1CCN1CCOCC1. The van der Waals surface area contributed by atoms with Gasteiger partial charge in [-0.05, 0) is 26.7 Å². The second-order valence-corrected chi connectivity index (χ2v) is 5.90. The second-order valence-electron chi connectivity index (χ2n) is 5.90. The molecular weight excluding hydrogens is 216 g/mol. The van der Waals surface area contributed by atoms with Crippen LogP contribution in [0.15, 0.2) is 0 Å². The minimum absolute atomic E-state index is 0.107. The van der Waals surface area contributed by atoms with Crippen molar-refractivity contribution in [2.24, 2.45) is 0 Å². The van der Waals surface area contributed by atoms with Crippen LogP contribution in [0.25, 0.3) is 0 Å². The van der Waals surface area contributed by atoms with Gasteiger partial charge in [0.15, 0.2) is 0 Å². The fraction of sp³-hybridized carbons (Fsp3) is 1.00. The second kappa shape index (κ2) is 5.65. The van der Waals surface area contributed by atoms with Crippen LogP contribution in [0, 0.1) is 0 Å². The Bertz CT molecular complexity index is 240. The van der Waals surface area contributed by atoms with E-state index in [1.165, 1.54) is 0 Å². The van der Waals surface area contributed by atoms with Crippen LogP contribution >= 0.6 is 0 Å². The van der Waals surface area contributed by atoms with Gasteiger partial charge in [-0.1, -0.05) is 0 Å². The standard InChI is InChI=1S/C13H26N2O2/c1-13(2)11-12(16)3-4-15(13)6-5-14-7-9-17-10-8-14/h12,16H,3-11H2,1-2H3. The molecule has 100 valence electrons. The maximum atomic E-state index is 9.73. The predicted octanol–water partition coefficient (Wildman–Crippen LogP) is 0.554. The summed E-state index contributed by atoms with van der Waals surface area (Å²) in [5, 5.41) is 9.73. The summed E-state index contributed by atoms with van der Waals surface area (Å²) in [6.07, 6.45) is 1.72. The highest BCUT2D eigenvalue weighted by molar-refractivity contribution is 4.89. The van der Waals surface area contributed by atoms with E-state index in [-0.39, 0.29) is 11.6 Å². The quantitative estimate of drug-likeness (QED) is 0.784. The van der Waals surface area contributed by atoms with Crippen LogP contribution in [0.5, 0.6) is 0 Å². The summed E-state index contributed by atoms with van der Waals surface area (Å²) in [6.45, 7) is 11.6. The summed E-state index contributed by atoms with van der Waals surface area (Å²) in [6, 6.07) is 0. The molecule has 2 rings (SSSR count). The molecule has 2 heterocycles. The topological polar surface area (TPSA) is 35.9 Å². The Morgan fingerprint density at radius 1 is 1.18 bits per heavy atom. The first kappa shape index (κ1) is 13.3. The normalized spacial score (nSPS) is 31.6. The van der Waals surface area contributed by atoms with Crippen LogP contribution in [0.1, 0.15) is 26.7 Å². The Labute approximate surface area is 105 Å². The van der Waals surface area contributed by atoms with Crippen molar-refractivity contribution in [3.8, 4) is 0 Å². The summed E-state index contributed by atoms with van der Waals surface area (Å²) in [7, 11) is 0. The highest BCUT2D eigenvalue weighted by atomic mass is 16.5. The van der Waals surface area contributed by atoms with Gasteiger partial charge in [-0.15, -0.1) is 0 Å². The lowest BCUT2D eigenvalue weighted by atomic mass is 9.88. The van der Waals surface area contributed by atoms with Crippen molar-refractivity contribution >= 4 is 0 Å². The molecule has 4 nitrogen and oxygen atoms in total. The molecule has 0 aliphatic carbocycles. The lowest BCUT2D eigenvalue weighted by Crippen LogP contribution is -2.54. The maximum Gasteiger partial charge on any atom is 0.0594 e. The van der Waals surface area contributed by atoms with Crippen LogP contribution in [-0.4, -0.2) is 72.5 Å². The van der Waals surface area contributed by atoms with E-state index in [1.54, 1.807) is 0 Å².